The second-order valence-electron chi connectivity index (χ2n) is 11.5. The molecule has 1 aliphatic heterocycles. The topological polar surface area (TPSA) is 65.5 Å². The van der Waals surface area contributed by atoms with Crippen molar-refractivity contribution in [3.63, 3.8) is 0 Å². The highest BCUT2D eigenvalue weighted by atomic mass is 19.1. The molecule has 2 aliphatic rings. The van der Waals surface area contributed by atoms with Crippen LogP contribution in [0.2, 0.25) is 0 Å². The van der Waals surface area contributed by atoms with Gasteiger partial charge in [0.25, 0.3) is 0 Å². The fraction of sp³-hybridized carbons (Fsp3) is 0.294. The zero-order valence-electron chi connectivity index (χ0n) is 23.8. The quantitative estimate of drug-likeness (QED) is 0.188. The van der Waals surface area contributed by atoms with E-state index in [1.165, 1.54) is 29.3 Å². The highest BCUT2D eigenvalue weighted by Crippen LogP contribution is 2.41. The van der Waals surface area contributed by atoms with Crippen LogP contribution in [-0.4, -0.2) is 24.3 Å². The molecule has 1 atom stereocenters. The van der Waals surface area contributed by atoms with Crippen molar-refractivity contribution in [1.82, 2.24) is 10.6 Å². The molecule has 5 nitrogen and oxygen atoms in total. The van der Waals surface area contributed by atoms with E-state index in [4.69, 9.17) is 4.99 Å². The number of carbonyl (C=O) groups is 1. The summed E-state index contributed by atoms with van der Waals surface area (Å²) in [6.07, 6.45) is 5.34. The Kier molecular flexibility index (Phi) is 9.38. The van der Waals surface area contributed by atoms with E-state index in [1.54, 1.807) is 0 Å². The third kappa shape index (κ3) is 7.91. The van der Waals surface area contributed by atoms with Gasteiger partial charge >= 0.3 is 0 Å². The number of carbonyl (C=O) groups excluding carboxylic acids is 1. The maximum absolute atomic E-state index is 11.9. The van der Waals surface area contributed by atoms with Crippen molar-refractivity contribution < 1.29 is 13.6 Å². The summed E-state index contributed by atoms with van der Waals surface area (Å²) < 4.78 is 23.9. The van der Waals surface area contributed by atoms with Gasteiger partial charge in [-0.05, 0) is 60.1 Å². The number of hydrogen-bond donors (Lipinski definition) is 3. The Morgan fingerprint density at radius 2 is 1.73 bits per heavy atom. The van der Waals surface area contributed by atoms with Gasteiger partial charge < -0.3 is 16.0 Å². The summed E-state index contributed by atoms with van der Waals surface area (Å²) >= 11 is 0. The molecule has 214 valence electrons. The van der Waals surface area contributed by atoms with E-state index in [9.17, 15) is 13.6 Å². The number of nitrogens with zero attached hydrogens (tertiary/aromatic N) is 1. The average molecular weight is 557 g/mol. The van der Waals surface area contributed by atoms with E-state index in [0.717, 1.165) is 73.1 Å². The van der Waals surface area contributed by atoms with Crippen LogP contribution in [0.3, 0.4) is 0 Å². The molecule has 0 fully saturated rings. The molecule has 5 rings (SSSR count). The van der Waals surface area contributed by atoms with Crippen molar-refractivity contribution in [2.75, 3.05) is 11.9 Å². The van der Waals surface area contributed by atoms with Crippen LogP contribution in [0.5, 0.6) is 0 Å². The van der Waals surface area contributed by atoms with Gasteiger partial charge in [-0.3, -0.25) is 9.79 Å². The molecule has 3 aromatic carbocycles. The summed E-state index contributed by atoms with van der Waals surface area (Å²) in [7, 11) is 0. The van der Waals surface area contributed by atoms with E-state index in [-0.39, 0.29) is 11.0 Å². The van der Waals surface area contributed by atoms with E-state index in [1.807, 2.05) is 18.2 Å². The third-order valence-electron chi connectivity index (χ3n) is 7.43. The summed E-state index contributed by atoms with van der Waals surface area (Å²) in [5.41, 5.74) is 6.59. The van der Waals surface area contributed by atoms with Crippen molar-refractivity contribution in [2.24, 2.45) is 10.4 Å². The van der Waals surface area contributed by atoms with Crippen LogP contribution in [0.1, 0.15) is 49.8 Å². The van der Waals surface area contributed by atoms with Gasteiger partial charge in [0.05, 0.1) is 0 Å². The maximum Gasteiger partial charge on any atom is 0.207 e. The summed E-state index contributed by atoms with van der Waals surface area (Å²) in [6, 6.07) is 21.4. The molecule has 41 heavy (non-hydrogen) atoms. The lowest BCUT2D eigenvalue weighted by atomic mass is 9.83. The average Bonchev–Trinajstić information content (AvgIpc) is 3.45. The summed E-state index contributed by atoms with van der Waals surface area (Å²) in [6.45, 7) is 13.8. The second-order valence-corrected chi connectivity index (χ2v) is 11.5. The minimum Gasteiger partial charge on any atom is -0.359 e. The van der Waals surface area contributed by atoms with Crippen molar-refractivity contribution >= 4 is 17.9 Å². The number of rotatable bonds is 10. The molecule has 1 spiro atoms. The molecule has 0 radical (unpaired) electrons. The highest BCUT2D eigenvalue weighted by molar-refractivity contribution is 6.02. The maximum atomic E-state index is 11.9. The number of aliphatic imine (C=N–C) groups is 1. The second kappa shape index (κ2) is 12.9. The largest absolute Gasteiger partial charge is 0.359 e. The number of amides is 1. The number of nitrogens with one attached hydrogen (secondary N) is 3. The summed E-state index contributed by atoms with van der Waals surface area (Å²) in [5.74, 6) is -0.166. The number of allylic oxidation sites excluding steroid dienone is 1. The number of benzene rings is 3. The lowest BCUT2D eigenvalue weighted by Crippen LogP contribution is -2.30. The van der Waals surface area contributed by atoms with Crippen molar-refractivity contribution in [2.45, 2.75) is 51.5 Å². The predicted octanol–water partition coefficient (Wildman–Crippen LogP) is 6.92. The van der Waals surface area contributed by atoms with Gasteiger partial charge in [0.2, 0.25) is 6.41 Å². The fourth-order valence-corrected chi connectivity index (χ4v) is 5.43. The zero-order valence-corrected chi connectivity index (χ0v) is 23.8. The molecule has 0 aromatic heterocycles. The van der Waals surface area contributed by atoms with Crippen molar-refractivity contribution in [1.29, 1.82) is 0 Å². The molecule has 0 bridgehead atoms. The molecule has 7 heteroatoms. The number of hydrogen-bond acceptors (Lipinski definition) is 4. The number of halogens is 2. The zero-order chi connectivity index (χ0) is 29.5. The number of amidine groups is 1. The standard InChI is InChI=1S/C28H34N4O.C6H4F2/c1-20(16-27(3,4)13-8-14-29-19-33)30-25-12-11-23-17-28(18-24(23)15-25)21(2)31-26(32-28)22-9-6-5-7-10-22;7-5-2-1-3-6(8)4-5/h5-7,9-12,15,19,30H,1-2,8,13-14,16-18H2,3-4H3,(H,29,33)(H,31,32);1-4H. The molecule has 0 saturated heterocycles. The Balaban J connectivity index is 0.000000417. The lowest BCUT2D eigenvalue weighted by Gasteiger charge is -2.26. The monoisotopic (exact) mass is 556 g/mol. The van der Waals surface area contributed by atoms with Crippen LogP contribution in [0.4, 0.5) is 14.5 Å². The first-order valence-corrected chi connectivity index (χ1v) is 13.9. The van der Waals surface area contributed by atoms with Crippen LogP contribution in [0, 0.1) is 17.0 Å². The Bertz CT molecular complexity index is 1420. The molecular weight excluding hydrogens is 518 g/mol. The van der Waals surface area contributed by atoms with Gasteiger partial charge in [0.1, 0.15) is 23.0 Å². The number of fused-ring (bicyclic) bond motifs is 1. The Labute approximate surface area is 241 Å². The van der Waals surface area contributed by atoms with Crippen LogP contribution in [0.25, 0.3) is 0 Å². The number of anilines is 1. The Hall–Kier alpha value is -4.26. The predicted molar refractivity (Wildman–Crippen MR) is 163 cm³/mol. The fourth-order valence-electron chi connectivity index (χ4n) is 5.43. The van der Waals surface area contributed by atoms with Gasteiger partial charge in [-0.2, -0.15) is 0 Å². The summed E-state index contributed by atoms with van der Waals surface area (Å²) in [4.78, 5) is 15.5. The first kappa shape index (κ1) is 29.7. The molecule has 0 saturated carbocycles. The SMILES string of the molecule is C=C(CC(C)(C)CCCNC=O)Nc1ccc2c(c1)CC1(C2)N=C(c2ccccc2)NC1=C.Fc1cccc(F)c1. The van der Waals surface area contributed by atoms with E-state index >= 15 is 0 Å². The van der Waals surface area contributed by atoms with Crippen molar-refractivity contribution in [3.05, 3.63) is 126 Å². The van der Waals surface area contributed by atoms with Crippen LogP contribution in [-0.2, 0) is 17.6 Å². The molecule has 3 aromatic rings. The summed E-state index contributed by atoms with van der Waals surface area (Å²) in [5, 5.41) is 9.69. The smallest absolute Gasteiger partial charge is 0.207 e. The normalized spacial score (nSPS) is 17.2. The van der Waals surface area contributed by atoms with Crippen LogP contribution in [0.15, 0.2) is 102 Å². The first-order valence-electron chi connectivity index (χ1n) is 13.9. The Morgan fingerprint density at radius 3 is 2.39 bits per heavy atom. The molecule has 1 aliphatic carbocycles. The minimum absolute atomic E-state index is 0.116. The molecule has 1 unspecified atom stereocenters. The van der Waals surface area contributed by atoms with Crippen LogP contribution < -0.4 is 16.0 Å². The third-order valence-corrected chi connectivity index (χ3v) is 7.43. The van der Waals surface area contributed by atoms with E-state index < -0.39 is 11.6 Å². The molecule has 1 amide bonds. The van der Waals surface area contributed by atoms with Gasteiger partial charge in [0.15, 0.2) is 0 Å². The van der Waals surface area contributed by atoms with Gasteiger partial charge in [-0.1, -0.05) is 69.5 Å². The minimum atomic E-state index is -0.537. The van der Waals surface area contributed by atoms with Crippen molar-refractivity contribution in [3.8, 4) is 0 Å². The molecule has 3 N–H and O–H groups in total. The Morgan fingerprint density at radius 1 is 1.02 bits per heavy atom. The molecular formula is C34H38F2N4O. The highest BCUT2D eigenvalue weighted by Gasteiger charge is 2.44. The molecule has 1 heterocycles. The lowest BCUT2D eigenvalue weighted by molar-refractivity contribution is -0.109. The van der Waals surface area contributed by atoms with Crippen LogP contribution >= 0.6 is 0 Å². The van der Waals surface area contributed by atoms with E-state index in [0.29, 0.717) is 6.54 Å². The first-order chi connectivity index (χ1) is 19.6. The van der Waals surface area contributed by atoms with E-state index in [2.05, 4.69) is 73.3 Å². The van der Waals surface area contributed by atoms with Gasteiger partial charge in [-0.25, -0.2) is 8.78 Å². The van der Waals surface area contributed by atoms with Gasteiger partial charge in [0, 0.05) is 48.1 Å². The van der Waals surface area contributed by atoms with Gasteiger partial charge in [-0.15, -0.1) is 0 Å².